The molecule has 0 aromatic rings. The second-order valence-corrected chi connectivity index (χ2v) is 9.98. The van der Waals surface area contributed by atoms with Gasteiger partial charge in [0.1, 0.15) is 0 Å². The predicted molar refractivity (Wildman–Crippen MR) is 117 cm³/mol. The second-order valence-electron chi connectivity index (χ2n) is 9.98. The van der Waals surface area contributed by atoms with Crippen LogP contribution in [0.15, 0.2) is 4.99 Å². The van der Waals surface area contributed by atoms with Crippen molar-refractivity contribution in [2.75, 3.05) is 52.4 Å². The summed E-state index contributed by atoms with van der Waals surface area (Å²) in [7, 11) is 0. The number of ether oxygens (including phenoxy) is 1. The van der Waals surface area contributed by atoms with Crippen molar-refractivity contribution >= 4 is 11.9 Å². The van der Waals surface area contributed by atoms with Crippen LogP contribution in [0.3, 0.4) is 0 Å². The quantitative estimate of drug-likeness (QED) is 0.555. The lowest BCUT2D eigenvalue weighted by molar-refractivity contribution is -0.171. The third kappa shape index (κ3) is 3.32. The maximum absolute atomic E-state index is 12.8. The molecule has 0 aromatic carbocycles. The van der Waals surface area contributed by atoms with Crippen LogP contribution in [-0.2, 0) is 9.53 Å². The first kappa shape index (κ1) is 20.6. The van der Waals surface area contributed by atoms with E-state index in [2.05, 4.69) is 33.9 Å². The maximum atomic E-state index is 12.8. The summed E-state index contributed by atoms with van der Waals surface area (Å²) in [5, 5.41) is 3.90. The first-order valence-corrected chi connectivity index (χ1v) is 12.3. The topological polar surface area (TPSA) is 60.4 Å². The van der Waals surface area contributed by atoms with E-state index >= 15 is 0 Å². The minimum Gasteiger partial charge on any atom is -0.377 e. The van der Waals surface area contributed by atoms with E-state index in [4.69, 9.17) is 9.73 Å². The zero-order chi connectivity index (χ0) is 20.7. The van der Waals surface area contributed by atoms with Gasteiger partial charge in [0.2, 0.25) is 5.91 Å². The summed E-state index contributed by atoms with van der Waals surface area (Å²) in [6.07, 6.45) is 7.93. The molecule has 30 heavy (non-hydrogen) atoms. The lowest BCUT2D eigenvalue weighted by atomic mass is 9.46. The molecular weight excluding hydrogens is 378 g/mol. The SMILES string of the molecule is CCN=C(NC1C2CCOC2C12CCC2)N1CCN(C(C)C(=O)N2CCCC2)CC1. The Bertz CT molecular complexity index is 665. The average molecular weight is 418 g/mol. The van der Waals surface area contributed by atoms with E-state index in [0.717, 1.165) is 71.2 Å². The Balaban J connectivity index is 1.19. The molecule has 5 rings (SSSR count). The Kier molecular flexibility index (Phi) is 5.69. The van der Waals surface area contributed by atoms with Gasteiger partial charge in [0.25, 0.3) is 0 Å². The molecule has 3 saturated heterocycles. The van der Waals surface area contributed by atoms with Gasteiger partial charge in [0, 0.05) is 69.8 Å². The van der Waals surface area contributed by atoms with Crippen LogP contribution >= 0.6 is 0 Å². The highest BCUT2D eigenvalue weighted by atomic mass is 16.5. The lowest BCUT2D eigenvalue weighted by Crippen LogP contribution is -2.73. The molecule has 0 bridgehead atoms. The van der Waals surface area contributed by atoms with Gasteiger partial charge in [-0.15, -0.1) is 0 Å². The first-order valence-electron chi connectivity index (χ1n) is 12.3. The van der Waals surface area contributed by atoms with Crippen LogP contribution in [-0.4, -0.2) is 97.2 Å². The number of rotatable bonds is 4. The highest BCUT2D eigenvalue weighted by molar-refractivity contribution is 5.82. The number of nitrogens with one attached hydrogen (secondary N) is 1. The molecule has 2 saturated carbocycles. The molecule has 0 aromatic heterocycles. The van der Waals surface area contributed by atoms with Crippen molar-refractivity contribution in [2.24, 2.45) is 16.3 Å². The van der Waals surface area contributed by atoms with Crippen LogP contribution in [0.4, 0.5) is 0 Å². The van der Waals surface area contributed by atoms with Crippen LogP contribution < -0.4 is 5.32 Å². The number of guanidine groups is 1. The molecule has 7 nitrogen and oxygen atoms in total. The molecule has 1 amide bonds. The molecule has 4 unspecified atom stereocenters. The molecule has 3 aliphatic heterocycles. The molecule has 5 aliphatic rings. The van der Waals surface area contributed by atoms with Gasteiger partial charge >= 0.3 is 0 Å². The van der Waals surface area contributed by atoms with Crippen LogP contribution in [0, 0.1) is 11.3 Å². The van der Waals surface area contributed by atoms with Gasteiger partial charge in [0.05, 0.1) is 12.1 Å². The molecule has 5 fully saturated rings. The summed E-state index contributed by atoms with van der Waals surface area (Å²) in [5.74, 6) is 2.05. The average Bonchev–Trinajstić information content (AvgIpc) is 3.40. The Hall–Kier alpha value is -1.34. The highest BCUT2D eigenvalue weighted by Crippen LogP contribution is 2.62. The molecule has 4 atom stereocenters. The second kappa shape index (κ2) is 8.30. The van der Waals surface area contributed by atoms with Crippen LogP contribution in [0.5, 0.6) is 0 Å². The van der Waals surface area contributed by atoms with E-state index in [1.54, 1.807) is 0 Å². The number of piperazine rings is 1. The summed E-state index contributed by atoms with van der Waals surface area (Å²) in [6, 6.07) is 0.517. The number of amides is 1. The Morgan fingerprint density at radius 3 is 2.47 bits per heavy atom. The van der Waals surface area contributed by atoms with Gasteiger partial charge in [0.15, 0.2) is 5.96 Å². The van der Waals surface area contributed by atoms with Crippen molar-refractivity contribution in [2.45, 2.75) is 70.6 Å². The lowest BCUT2D eigenvalue weighted by Gasteiger charge is -2.63. The number of fused-ring (bicyclic) bond motifs is 2. The van der Waals surface area contributed by atoms with Gasteiger partial charge in [-0.3, -0.25) is 14.7 Å². The van der Waals surface area contributed by atoms with Crippen molar-refractivity contribution in [3.8, 4) is 0 Å². The fourth-order valence-corrected chi connectivity index (χ4v) is 6.66. The molecular formula is C23H39N5O2. The van der Waals surface area contributed by atoms with Crippen molar-refractivity contribution < 1.29 is 9.53 Å². The number of likely N-dealkylation sites (tertiary alicyclic amines) is 1. The van der Waals surface area contributed by atoms with Crippen LogP contribution in [0.25, 0.3) is 0 Å². The zero-order valence-corrected chi connectivity index (χ0v) is 18.8. The van der Waals surface area contributed by atoms with Crippen molar-refractivity contribution in [1.82, 2.24) is 20.0 Å². The van der Waals surface area contributed by atoms with E-state index in [0.29, 0.717) is 29.4 Å². The van der Waals surface area contributed by atoms with Gasteiger partial charge in [-0.05, 0) is 46.0 Å². The summed E-state index contributed by atoms with van der Waals surface area (Å²) >= 11 is 0. The summed E-state index contributed by atoms with van der Waals surface area (Å²) in [5.41, 5.74) is 0.369. The molecule has 1 N–H and O–H groups in total. The molecule has 7 heteroatoms. The van der Waals surface area contributed by atoms with Gasteiger partial charge in [-0.25, -0.2) is 0 Å². The number of aliphatic imine (C=N–C) groups is 1. The number of nitrogens with zero attached hydrogens (tertiary/aromatic N) is 4. The van der Waals surface area contributed by atoms with Crippen molar-refractivity contribution in [3.63, 3.8) is 0 Å². The van der Waals surface area contributed by atoms with E-state index in [-0.39, 0.29) is 6.04 Å². The highest BCUT2D eigenvalue weighted by Gasteiger charge is 2.66. The normalized spacial score (nSPS) is 34.5. The minimum absolute atomic E-state index is 0.00829. The fourth-order valence-electron chi connectivity index (χ4n) is 6.66. The Morgan fingerprint density at radius 2 is 1.83 bits per heavy atom. The van der Waals surface area contributed by atoms with Crippen LogP contribution in [0.1, 0.15) is 52.4 Å². The van der Waals surface area contributed by atoms with E-state index in [1.165, 1.54) is 25.7 Å². The van der Waals surface area contributed by atoms with E-state index < -0.39 is 0 Å². The maximum Gasteiger partial charge on any atom is 0.239 e. The van der Waals surface area contributed by atoms with E-state index in [1.807, 2.05) is 0 Å². The van der Waals surface area contributed by atoms with Gasteiger partial charge in [-0.1, -0.05) is 6.42 Å². The summed E-state index contributed by atoms with van der Waals surface area (Å²) in [6.45, 7) is 11.5. The molecule has 3 heterocycles. The largest absolute Gasteiger partial charge is 0.377 e. The number of hydrogen-bond donors (Lipinski definition) is 1. The summed E-state index contributed by atoms with van der Waals surface area (Å²) < 4.78 is 6.10. The molecule has 168 valence electrons. The third-order valence-corrected chi connectivity index (χ3v) is 8.57. The minimum atomic E-state index is -0.00829. The number of hydrogen-bond acceptors (Lipinski definition) is 4. The molecule has 2 aliphatic carbocycles. The number of carbonyl (C=O) groups excluding carboxylic acids is 1. The molecule has 0 radical (unpaired) electrons. The smallest absolute Gasteiger partial charge is 0.239 e. The fraction of sp³-hybridized carbons (Fsp3) is 0.913. The Morgan fingerprint density at radius 1 is 1.10 bits per heavy atom. The summed E-state index contributed by atoms with van der Waals surface area (Å²) in [4.78, 5) is 24.5. The third-order valence-electron chi connectivity index (χ3n) is 8.57. The standard InChI is InChI=1S/C23H39N5O2/c1-3-24-22(25-19-18-7-16-30-20(18)23(19)8-6-9-23)28-14-12-26(13-15-28)17(2)21(29)27-10-4-5-11-27/h17-20H,3-16H2,1-2H3,(H,24,25). The zero-order valence-electron chi connectivity index (χ0n) is 18.8. The van der Waals surface area contributed by atoms with E-state index in [9.17, 15) is 4.79 Å². The number of carbonyl (C=O) groups is 1. The predicted octanol–water partition coefficient (Wildman–Crippen LogP) is 1.54. The molecule has 1 spiro atoms. The monoisotopic (exact) mass is 417 g/mol. The van der Waals surface area contributed by atoms with Crippen LogP contribution in [0.2, 0.25) is 0 Å². The Labute approximate surface area is 181 Å². The van der Waals surface area contributed by atoms with Gasteiger partial charge in [-0.2, -0.15) is 0 Å². The van der Waals surface area contributed by atoms with Crippen molar-refractivity contribution in [1.29, 1.82) is 0 Å². The van der Waals surface area contributed by atoms with Crippen molar-refractivity contribution in [3.05, 3.63) is 0 Å². The van der Waals surface area contributed by atoms with Gasteiger partial charge < -0.3 is 19.9 Å². The first-order chi connectivity index (χ1) is 14.6.